The van der Waals surface area contributed by atoms with Crippen LogP contribution in [0.2, 0.25) is 5.02 Å². The Morgan fingerprint density at radius 3 is 2.64 bits per heavy atom. The molecule has 3 rings (SSSR count). The molecule has 2 aromatic carbocycles. The molecule has 0 unspecified atom stereocenters. The Bertz CT molecular complexity index is 953. The van der Waals surface area contributed by atoms with E-state index in [1.807, 2.05) is 25.1 Å². The Morgan fingerprint density at radius 2 is 1.92 bits per heavy atom. The number of fused-ring (bicyclic) bond motifs is 1. The van der Waals surface area contributed by atoms with Gasteiger partial charge in [0.1, 0.15) is 18.1 Å². The van der Waals surface area contributed by atoms with Crippen LogP contribution in [0.5, 0.6) is 11.5 Å². The minimum atomic E-state index is 0.000824. The zero-order valence-corrected chi connectivity index (χ0v) is 15.1. The smallest absolute Gasteiger partial charge is 0.159 e. The first-order chi connectivity index (χ1) is 12.0. The summed E-state index contributed by atoms with van der Waals surface area (Å²) in [5.74, 6) is 1.37. The van der Waals surface area contributed by atoms with Crippen molar-refractivity contribution in [2.45, 2.75) is 20.5 Å². The third kappa shape index (κ3) is 3.74. The highest BCUT2D eigenvalue weighted by molar-refractivity contribution is 6.31. The first-order valence-corrected chi connectivity index (χ1v) is 8.23. The van der Waals surface area contributed by atoms with Gasteiger partial charge in [0.2, 0.25) is 0 Å². The second kappa shape index (κ2) is 7.11. The summed E-state index contributed by atoms with van der Waals surface area (Å²) in [6.45, 7) is 3.72. The fourth-order valence-electron chi connectivity index (χ4n) is 2.68. The number of nitrogens with zero attached hydrogens (tertiary/aromatic N) is 1. The standard InChI is InChI=1S/C20H18ClNO3/c1-12-8-20(17-10-16(21)5-6-18(17)22-12)25-11-15-9-14(13(2)23)4-7-19(15)24-3/h4-10H,11H2,1-3H3. The molecule has 128 valence electrons. The van der Waals surface area contributed by atoms with Gasteiger partial charge in [-0.3, -0.25) is 9.78 Å². The number of aryl methyl sites for hydroxylation is 1. The van der Waals surface area contributed by atoms with Gasteiger partial charge in [-0.25, -0.2) is 0 Å². The number of benzene rings is 2. The molecule has 4 nitrogen and oxygen atoms in total. The van der Waals surface area contributed by atoms with Gasteiger partial charge in [0, 0.05) is 33.3 Å². The number of carbonyl (C=O) groups is 1. The number of pyridine rings is 1. The summed E-state index contributed by atoms with van der Waals surface area (Å²) in [5.41, 5.74) is 3.11. The summed E-state index contributed by atoms with van der Waals surface area (Å²) in [6.07, 6.45) is 0. The summed E-state index contributed by atoms with van der Waals surface area (Å²) in [4.78, 5) is 16.1. The van der Waals surface area contributed by atoms with Crippen LogP contribution in [0.1, 0.15) is 28.5 Å². The molecule has 1 aromatic heterocycles. The molecule has 0 spiro atoms. The van der Waals surface area contributed by atoms with Crippen molar-refractivity contribution in [3.05, 3.63) is 64.3 Å². The Morgan fingerprint density at radius 1 is 1.12 bits per heavy atom. The molecule has 5 heteroatoms. The van der Waals surface area contributed by atoms with E-state index in [-0.39, 0.29) is 12.4 Å². The van der Waals surface area contributed by atoms with E-state index in [2.05, 4.69) is 4.98 Å². The predicted octanol–water partition coefficient (Wildman–Crippen LogP) is 4.99. The first-order valence-electron chi connectivity index (χ1n) is 7.85. The molecule has 0 bridgehead atoms. The van der Waals surface area contributed by atoms with E-state index >= 15 is 0 Å². The molecule has 0 aliphatic rings. The Labute approximate surface area is 151 Å². The number of methoxy groups -OCH3 is 1. The minimum Gasteiger partial charge on any atom is -0.496 e. The number of rotatable bonds is 5. The topological polar surface area (TPSA) is 48.4 Å². The summed E-state index contributed by atoms with van der Waals surface area (Å²) in [6, 6.07) is 12.7. The number of hydrogen-bond acceptors (Lipinski definition) is 4. The van der Waals surface area contributed by atoms with Crippen molar-refractivity contribution in [1.82, 2.24) is 4.98 Å². The monoisotopic (exact) mass is 355 g/mol. The van der Waals surface area contributed by atoms with Crippen LogP contribution < -0.4 is 9.47 Å². The van der Waals surface area contributed by atoms with E-state index in [4.69, 9.17) is 21.1 Å². The lowest BCUT2D eigenvalue weighted by molar-refractivity contribution is 0.101. The highest BCUT2D eigenvalue weighted by atomic mass is 35.5. The average Bonchev–Trinajstić information content (AvgIpc) is 2.59. The van der Waals surface area contributed by atoms with Crippen LogP contribution in [0.4, 0.5) is 0 Å². The molecule has 0 aliphatic heterocycles. The Balaban J connectivity index is 1.96. The van der Waals surface area contributed by atoms with Crippen molar-refractivity contribution in [2.75, 3.05) is 7.11 Å². The highest BCUT2D eigenvalue weighted by Crippen LogP contribution is 2.30. The van der Waals surface area contributed by atoms with Crippen molar-refractivity contribution in [3.63, 3.8) is 0 Å². The van der Waals surface area contributed by atoms with E-state index in [9.17, 15) is 4.79 Å². The zero-order chi connectivity index (χ0) is 18.0. The third-order valence-electron chi connectivity index (χ3n) is 3.93. The van der Waals surface area contributed by atoms with E-state index in [1.54, 1.807) is 31.4 Å². The van der Waals surface area contributed by atoms with Gasteiger partial charge in [-0.1, -0.05) is 11.6 Å². The molecule has 0 radical (unpaired) electrons. The van der Waals surface area contributed by atoms with Gasteiger partial charge < -0.3 is 9.47 Å². The normalized spacial score (nSPS) is 10.7. The molecule has 0 fully saturated rings. The third-order valence-corrected chi connectivity index (χ3v) is 4.17. The second-order valence-electron chi connectivity index (χ2n) is 5.79. The molecule has 0 saturated heterocycles. The maximum Gasteiger partial charge on any atom is 0.159 e. The number of ketones is 1. The summed E-state index contributed by atoms with van der Waals surface area (Å²) < 4.78 is 11.4. The van der Waals surface area contributed by atoms with E-state index in [0.717, 1.165) is 22.2 Å². The van der Waals surface area contributed by atoms with Crippen molar-refractivity contribution < 1.29 is 14.3 Å². The van der Waals surface area contributed by atoms with Crippen LogP contribution in [0.3, 0.4) is 0 Å². The predicted molar refractivity (Wildman–Crippen MR) is 98.8 cm³/mol. The van der Waals surface area contributed by atoms with Crippen LogP contribution in [-0.2, 0) is 6.61 Å². The molecule has 0 atom stereocenters. The quantitative estimate of drug-likeness (QED) is 0.605. The SMILES string of the molecule is COc1ccc(C(C)=O)cc1COc1cc(C)nc2ccc(Cl)cc12. The van der Waals surface area contributed by atoms with Crippen LogP contribution in [-0.4, -0.2) is 17.9 Å². The highest BCUT2D eigenvalue weighted by Gasteiger charge is 2.11. The number of carbonyl (C=O) groups excluding carboxylic acids is 1. The Hall–Kier alpha value is -2.59. The molecule has 1 heterocycles. The lowest BCUT2D eigenvalue weighted by Gasteiger charge is -2.13. The van der Waals surface area contributed by atoms with Gasteiger partial charge >= 0.3 is 0 Å². The zero-order valence-electron chi connectivity index (χ0n) is 14.3. The molecule has 0 amide bonds. The number of hydrogen-bond donors (Lipinski definition) is 0. The molecular formula is C20H18ClNO3. The minimum absolute atomic E-state index is 0.000824. The maximum atomic E-state index is 11.6. The molecule has 0 aliphatic carbocycles. The van der Waals surface area contributed by atoms with Gasteiger partial charge in [-0.15, -0.1) is 0 Å². The number of ether oxygens (including phenoxy) is 2. The summed E-state index contributed by atoms with van der Waals surface area (Å²) in [7, 11) is 1.60. The van der Waals surface area contributed by atoms with E-state index < -0.39 is 0 Å². The van der Waals surface area contributed by atoms with Crippen LogP contribution in [0, 0.1) is 6.92 Å². The van der Waals surface area contributed by atoms with Crippen molar-refractivity contribution in [2.24, 2.45) is 0 Å². The van der Waals surface area contributed by atoms with Crippen molar-refractivity contribution >= 4 is 28.3 Å². The lowest BCUT2D eigenvalue weighted by Crippen LogP contribution is -2.02. The van der Waals surface area contributed by atoms with Gasteiger partial charge in [0.25, 0.3) is 0 Å². The van der Waals surface area contributed by atoms with Crippen molar-refractivity contribution in [3.8, 4) is 11.5 Å². The van der Waals surface area contributed by atoms with Gasteiger partial charge in [0.05, 0.1) is 12.6 Å². The van der Waals surface area contributed by atoms with Crippen molar-refractivity contribution in [1.29, 1.82) is 0 Å². The summed E-state index contributed by atoms with van der Waals surface area (Å²) >= 11 is 6.11. The van der Waals surface area contributed by atoms with Gasteiger partial charge in [0.15, 0.2) is 5.78 Å². The number of aromatic nitrogens is 1. The molecular weight excluding hydrogens is 338 g/mol. The average molecular weight is 356 g/mol. The van der Waals surface area contributed by atoms with E-state index in [0.29, 0.717) is 22.1 Å². The second-order valence-corrected chi connectivity index (χ2v) is 6.23. The number of halogens is 1. The Kier molecular flexibility index (Phi) is 4.91. The lowest BCUT2D eigenvalue weighted by atomic mass is 10.1. The molecule has 3 aromatic rings. The summed E-state index contributed by atoms with van der Waals surface area (Å²) in [5, 5.41) is 1.47. The maximum absolute atomic E-state index is 11.6. The molecule has 25 heavy (non-hydrogen) atoms. The first kappa shape index (κ1) is 17.2. The molecule has 0 N–H and O–H groups in total. The fourth-order valence-corrected chi connectivity index (χ4v) is 2.85. The number of Topliss-reactive ketones (excluding diaryl/α,β-unsaturated/α-hetero) is 1. The largest absolute Gasteiger partial charge is 0.496 e. The van der Waals surface area contributed by atoms with E-state index in [1.165, 1.54) is 6.92 Å². The fraction of sp³-hybridized carbons (Fsp3) is 0.200. The van der Waals surface area contributed by atoms with Crippen LogP contribution in [0.15, 0.2) is 42.5 Å². The van der Waals surface area contributed by atoms with Crippen LogP contribution in [0.25, 0.3) is 10.9 Å². The van der Waals surface area contributed by atoms with Crippen LogP contribution >= 0.6 is 11.6 Å². The molecule has 0 saturated carbocycles. The van der Waals surface area contributed by atoms with Gasteiger partial charge in [-0.05, 0) is 50.2 Å². The van der Waals surface area contributed by atoms with Gasteiger partial charge in [-0.2, -0.15) is 0 Å².